The number of hydrogen-bond donors (Lipinski definition) is 0. The quantitative estimate of drug-likeness (QED) is 0.514. The molecule has 0 spiro atoms. The second-order valence-corrected chi connectivity index (χ2v) is 7.35. The second kappa shape index (κ2) is 7.21. The van der Waals surface area contributed by atoms with Crippen LogP contribution in [0.3, 0.4) is 0 Å². The minimum absolute atomic E-state index is 0.102. The fraction of sp³-hybridized carbons (Fsp3) is 0.300. The van der Waals surface area contributed by atoms with E-state index in [9.17, 15) is 4.79 Å². The first-order chi connectivity index (χ1) is 14.6. The number of carbonyl (C=O) groups excluding carboxylic acids is 1. The predicted molar refractivity (Wildman–Crippen MR) is 106 cm³/mol. The number of aryl methyl sites for hydroxylation is 2. The summed E-state index contributed by atoms with van der Waals surface area (Å²) >= 11 is 0. The lowest BCUT2D eigenvalue weighted by atomic mass is 10.1. The summed E-state index contributed by atoms with van der Waals surface area (Å²) < 4.78 is 7.21. The van der Waals surface area contributed by atoms with Gasteiger partial charge in [-0.1, -0.05) is 16.8 Å². The van der Waals surface area contributed by atoms with E-state index < -0.39 is 0 Å². The van der Waals surface area contributed by atoms with Gasteiger partial charge in [-0.05, 0) is 31.9 Å². The third-order valence-electron chi connectivity index (χ3n) is 5.22. The largest absolute Gasteiger partial charge is 0.337 e. The van der Waals surface area contributed by atoms with Gasteiger partial charge in [0.2, 0.25) is 11.7 Å². The molecule has 152 valence electrons. The summed E-state index contributed by atoms with van der Waals surface area (Å²) in [5.74, 6) is 0.801. The maximum absolute atomic E-state index is 13.5. The van der Waals surface area contributed by atoms with Gasteiger partial charge in [0, 0.05) is 19.8 Å². The molecule has 1 aromatic carbocycles. The first kappa shape index (κ1) is 18.2. The minimum atomic E-state index is -0.269. The number of hydrogen-bond acceptors (Lipinski definition) is 7. The summed E-state index contributed by atoms with van der Waals surface area (Å²) in [6, 6.07) is 5.40. The summed E-state index contributed by atoms with van der Waals surface area (Å²) in [7, 11) is 1.83. The average Bonchev–Trinajstić information content (AvgIpc) is 3.53. The van der Waals surface area contributed by atoms with Crippen molar-refractivity contribution < 1.29 is 9.32 Å². The maximum atomic E-state index is 13.5. The Labute approximate surface area is 172 Å². The first-order valence-electron chi connectivity index (χ1n) is 9.71. The molecule has 1 saturated heterocycles. The number of nitrogens with zero attached hydrogens (tertiary/aromatic N) is 8. The summed E-state index contributed by atoms with van der Waals surface area (Å²) in [5, 5.41) is 16.6. The lowest BCUT2D eigenvalue weighted by molar-refractivity contribution is 0.0709. The van der Waals surface area contributed by atoms with E-state index in [1.54, 1.807) is 28.2 Å². The number of likely N-dealkylation sites (tertiary alicyclic amines) is 1. The van der Waals surface area contributed by atoms with Crippen LogP contribution in [0.4, 0.5) is 0 Å². The van der Waals surface area contributed by atoms with Gasteiger partial charge in [-0.2, -0.15) is 25.1 Å². The van der Waals surface area contributed by atoms with Gasteiger partial charge in [0.15, 0.2) is 0 Å². The molecule has 0 unspecified atom stereocenters. The lowest BCUT2D eigenvalue weighted by Gasteiger charge is -2.23. The minimum Gasteiger partial charge on any atom is -0.337 e. The highest BCUT2D eigenvalue weighted by Gasteiger charge is 2.35. The van der Waals surface area contributed by atoms with Crippen molar-refractivity contribution in [1.82, 2.24) is 39.8 Å². The Balaban J connectivity index is 1.47. The zero-order chi connectivity index (χ0) is 20.7. The number of rotatable bonds is 4. The molecule has 1 atom stereocenters. The summed E-state index contributed by atoms with van der Waals surface area (Å²) in [5.41, 5.74) is 2.95. The zero-order valence-electron chi connectivity index (χ0n) is 16.6. The Kier molecular flexibility index (Phi) is 4.38. The van der Waals surface area contributed by atoms with E-state index in [4.69, 9.17) is 4.52 Å². The fourth-order valence-electron chi connectivity index (χ4n) is 3.78. The smallest absolute Gasteiger partial charge is 0.256 e. The highest BCUT2D eigenvalue weighted by Crippen LogP contribution is 2.34. The van der Waals surface area contributed by atoms with Crippen LogP contribution in [0.2, 0.25) is 0 Å². The van der Waals surface area contributed by atoms with Crippen LogP contribution < -0.4 is 0 Å². The van der Waals surface area contributed by atoms with Crippen LogP contribution in [0.25, 0.3) is 17.1 Å². The van der Waals surface area contributed by atoms with Crippen LogP contribution in [0.1, 0.15) is 40.7 Å². The molecule has 0 saturated carbocycles. The molecule has 1 amide bonds. The molecule has 4 aromatic rings. The van der Waals surface area contributed by atoms with Crippen LogP contribution in [0.15, 0.2) is 47.5 Å². The number of benzene rings is 1. The van der Waals surface area contributed by atoms with E-state index >= 15 is 0 Å². The number of amides is 1. The van der Waals surface area contributed by atoms with Gasteiger partial charge < -0.3 is 9.42 Å². The first-order valence-corrected chi connectivity index (χ1v) is 9.71. The van der Waals surface area contributed by atoms with E-state index in [2.05, 4.69) is 25.4 Å². The van der Waals surface area contributed by atoms with Crippen molar-refractivity contribution in [3.05, 3.63) is 60.0 Å². The summed E-state index contributed by atoms with van der Waals surface area (Å²) in [6.07, 6.45) is 8.31. The van der Waals surface area contributed by atoms with Crippen molar-refractivity contribution in [2.24, 2.45) is 7.05 Å². The van der Waals surface area contributed by atoms with Crippen LogP contribution in [0.5, 0.6) is 0 Å². The molecule has 1 aliphatic rings. The van der Waals surface area contributed by atoms with Gasteiger partial charge in [0.05, 0.1) is 35.4 Å². The van der Waals surface area contributed by atoms with E-state index in [1.807, 2.05) is 38.4 Å². The molecule has 4 heterocycles. The molecule has 0 aliphatic carbocycles. The molecule has 30 heavy (non-hydrogen) atoms. The molecule has 0 radical (unpaired) electrons. The van der Waals surface area contributed by atoms with Gasteiger partial charge in [-0.3, -0.25) is 9.48 Å². The Morgan fingerprint density at radius 1 is 1.20 bits per heavy atom. The van der Waals surface area contributed by atoms with Crippen LogP contribution in [-0.4, -0.2) is 52.3 Å². The van der Waals surface area contributed by atoms with Crippen molar-refractivity contribution in [2.75, 3.05) is 6.54 Å². The number of aromatic nitrogens is 7. The summed E-state index contributed by atoms with van der Waals surface area (Å²) in [6.45, 7) is 2.57. The van der Waals surface area contributed by atoms with Crippen molar-refractivity contribution in [3.8, 4) is 17.1 Å². The zero-order valence-corrected chi connectivity index (χ0v) is 16.6. The van der Waals surface area contributed by atoms with Gasteiger partial charge in [0.1, 0.15) is 6.04 Å². The SMILES string of the molecule is Cc1ccc(-n2nccn2)c(C(=O)N2CCC[C@H]2c2nc(-c3cnn(C)c3)no2)c1. The normalized spacial score (nSPS) is 16.3. The summed E-state index contributed by atoms with van der Waals surface area (Å²) in [4.78, 5) is 21.3. The Hall–Kier alpha value is -3.82. The second-order valence-electron chi connectivity index (χ2n) is 7.35. The van der Waals surface area contributed by atoms with Crippen molar-refractivity contribution >= 4 is 5.91 Å². The van der Waals surface area contributed by atoms with Gasteiger partial charge in [-0.15, -0.1) is 0 Å². The Morgan fingerprint density at radius 2 is 2.03 bits per heavy atom. The molecule has 10 nitrogen and oxygen atoms in total. The van der Waals surface area contributed by atoms with Gasteiger partial charge >= 0.3 is 0 Å². The van der Waals surface area contributed by atoms with Gasteiger partial charge in [0.25, 0.3) is 5.91 Å². The van der Waals surface area contributed by atoms with Gasteiger partial charge in [-0.25, -0.2) is 0 Å². The average molecular weight is 404 g/mol. The van der Waals surface area contributed by atoms with Crippen LogP contribution >= 0.6 is 0 Å². The molecule has 0 bridgehead atoms. The standard InChI is InChI=1S/C20H20N8O2/c1-13-5-6-16(28-21-7-8-22-28)15(10-13)20(29)27-9-3-4-17(27)19-24-18(25-30-19)14-11-23-26(2)12-14/h5-8,10-12,17H,3-4,9H2,1-2H3/t17-/m0/s1. The molecular formula is C20H20N8O2. The van der Waals surface area contributed by atoms with Crippen molar-refractivity contribution in [2.45, 2.75) is 25.8 Å². The molecule has 5 rings (SSSR count). The Bertz CT molecular complexity index is 1190. The molecule has 0 N–H and O–H groups in total. The molecule has 1 aliphatic heterocycles. The van der Waals surface area contributed by atoms with E-state index in [0.717, 1.165) is 24.0 Å². The molecule has 10 heteroatoms. The molecule has 1 fully saturated rings. The van der Waals surface area contributed by atoms with Crippen LogP contribution in [-0.2, 0) is 7.05 Å². The third-order valence-corrected chi connectivity index (χ3v) is 5.22. The topological polar surface area (TPSA) is 108 Å². The van der Waals surface area contributed by atoms with Crippen molar-refractivity contribution in [1.29, 1.82) is 0 Å². The highest BCUT2D eigenvalue weighted by atomic mass is 16.5. The number of carbonyl (C=O) groups is 1. The van der Waals surface area contributed by atoms with E-state index in [1.165, 1.54) is 4.80 Å². The highest BCUT2D eigenvalue weighted by molar-refractivity contribution is 5.98. The monoisotopic (exact) mass is 404 g/mol. The van der Waals surface area contributed by atoms with E-state index in [0.29, 0.717) is 29.5 Å². The maximum Gasteiger partial charge on any atom is 0.256 e. The van der Waals surface area contributed by atoms with E-state index in [-0.39, 0.29) is 11.9 Å². The Morgan fingerprint density at radius 3 is 2.80 bits per heavy atom. The lowest BCUT2D eigenvalue weighted by Crippen LogP contribution is -2.31. The molecular weight excluding hydrogens is 384 g/mol. The predicted octanol–water partition coefficient (Wildman–Crippen LogP) is 2.34. The molecule has 3 aromatic heterocycles. The van der Waals surface area contributed by atoms with Crippen LogP contribution in [0, 0.1) is 6.92 Å². The third kappa shape index (κ3) is 3.15. The fourth-order valence-corrected chi connectivity index (χ4v) is 3.78. The van der Waals surface area contributed by atoms with Crippen molar-refractivity contribution in [3.63, 3.8) is 0 Å².